The van der Waals surface area contributed by atoms with E-state index in [0.29, 0.717) is 27.2 Å². The maximum Gasteiger partial charge on any atom is 0.419 e. The first-order valence-corrected chi connectivity index (χ1v) is 13.3. The average molecular weight is 536 g/mol. The number of esters is 1. The van der Waals surface area contributed by atoms with Gasteiger partial charge in [-0.3, -0.25) is 10.7 Å². The molecule has 11 heteroatoms. The van der Waals surface area contributed by atoms with Gasteiger partial charge in [-0.05, 0) is 65.8 Å². The van der Waals surface area contributed by atoms with Crippen LogP contribution in [-0.4, -0.2) is 47.5 Å². The van der Waals surface area contributed by atoms with Gasteiger partial charge in [0.15, 0.2) is 9.84 Å². The summed E-state index contributed by atoms with van der Waals surface area (Å²) < 4.78 is 37.8. The molecule has 0 saturated carbocycles. The van der Waals surface area contributed by atoms with Gasteiger partial charge in [0.2, 0.25) is 4.87 Å². The summed E-state index contributed by atoms with van der Waals surface area (Å²) in [5, 5.41) is 1.09. The van der Waals surface area contributed by atoms with E-state index in [9.17, 15) is 18.0 Å². The topological polar surface area (TPSA) is 131 Å². The Hall–Kier alpha value is -2.95. The first kappa shape index (κ1) is 27.6. The van der Waals surface area contributed by atoms with Crippen LogP contribution in [0.25, 0.3) is 22.2 Å². The molecule has 0 radical (unpaired) electrons. The second-order valence-electron chi connectivity index (χ2n) is 10.5. The minimum absolute atomic E-state index is 0.115. The van der Waals surface area contributed by atoms with Gasteiger partial charge in [0.25, 0.3) is 0 Å². The van der Waals surface area contributed by atoms with Gasteiger partial charge in [0, 0.05) is 40.2 Å². The van der Waals surface area contributed by atoms with Crippen LogP contribution >= 0.6 is 11.6 Å². The number of sulfone groups is 1. The lowest BCUT2D eigenvalue weighted by Crippen LogP contribution is -2.53. The fourth-order valence-electron chi connectivity index (χ4n) is 3.51. The molecule has 9 nitrogen and oxygen atoms in total. The van der Waals surface area contributed by atoms with E-state index in [-0.39, 0.29) is 5.56 Å². The van der Waals surface area contributed by atoms with Crippen molar-refractivity contribution in [3.8, 4) is 11.3 Å². The number of nitrogens with two attached hydrogens (primary N) is 1. The van der Waals surface area contributed by atoms with Crippen LogP contribution in [0.3, 0.4) is 0 Å². The fourth-order valence-corrected chi connectivity index (χ4v) is 4.56. The number of hydrogen-bond acceptors (Lipinski definition) is 8. The van der Waals surface area contributed by atoms with Crippen LogP contribution in [0.4, 0.5) is 4.79 Å². The third-order valence-corrected chi connectivity index (χ3v) is 6.90. The normalized spacial score (nSPS) is 14.4. The van der Waals surface area contributed by atoms with Crippen LogP contribution in [0.15, 0.2) is 42.7 Å². The molecular formula is C25H30ClN3O6S. The zero-order chi connectivity index (χ0) is 27.3. The highest BCUT2D eigenvalue weighted by Crippen LogP contribution is 2.34. The summed E-state index contributed by atoms with van der Waals surface area (Å²) >= 11 is 6.19. The summed E-state index contributed by atoms with van der Waals surface area (Å²) in [5.74, 6) is -1.14. The molecule has 1 atom stereocenters. The Morgan fingerprint density at radius 1 is 0.972 bits per heavy atom. The SMILES string of the molecule is CC(C)(C)OC(=O)n1c(-c2cncc(C(N)(C(=O)OC(C)(C)C)S(C)(=O)=O)c2)cc2ccc(Cl)cc21. The van der Waals surface area contributed by atoms with E-state index in [4.69, 9.17) is 26.8 Å². The predicted molar refractivity (Wildman–Crippen MR) is 138 cm³/mol. The number of halogens is 1. The molecule has 36 heavy (non-hydrogen) atoms. The summed E-state index contributed by atoms with van der Waals surface area (Å²) in [7, 11) is -4.22. The lowest BCUT2D eigenvalue weighted by Gasteiger charge is -2.30. The number of nitrogens with zero attached hydrogens (tertiary/aromatic N) is 2. The molecular weight excluding hydrogens is 506 g/mol. The van der Waals surface area contributed by atoms with Gasteiger partial charge in [0.1, 0.15) is 11.2 Å². The van der Waals surface area contributed by atoms with Crippen molar-refractivity contribution >= 4 is 44.4 Å². The van der Waals surface area contributed by atoms with Gasteiger partial charge < -0.3 is 9.47 Å². The van der Waals surface area contributed by atoms with Gasteiger partial charge in [-0.1, -0.05) is 17.7 Å². The molecule has 2 aromatic heterocycles. The number of rotatable bonds is 4. The maximum absolute atomic E-state index is 13.2. The summed E-state index contributed by atoms with van der Waals surface area (Å²) in [6, 6.07) is 8.14. The number of fused-ring (bicyclic) bond motifs is 1. The number of hydrogen-bond donors (Lipinski definition) is 1. The largest absolute Gasteiger partial charge is 0.458 e. The molecule has 0 amide bonds. The van der Waals surface area contributed by atoms with Crippen LogP contribution in [0, 0.1) is 0 Å². The van der Waals surface area contributed by atoms with E-state index in [1.165, 1.54) is 23.0 Å². The maximum atomic E-state index is 13.2. The Labute approximate surface area is 215 Å². The number of carbonyl (C=O) groups is 2. The van der Waals surface area contributed by atoms with Crippen molar-refractivity contribution in [3.05, 3.63) is 53.3 Å². The average Bonchev–Trinajstić information content (AvgIpc) is 3.08. The molecule has 0 bridgehead atoms. The molecule has 0 aliphatic rings. The van der Waals surface area contributed by atoms with E-state index in [0.717, 1.165) is 6.26 Å². The van der Waals surface area contributed by atoms with Crippen molar-refractivity contribution < 1.29 is 27.5 Å². The number of aromatic nitrogens is 2. The summed E-state index contributed by atoms with van der Waals surface area (Å²) in [5.41, 5.74) is 5.51. The van der Waals surface area contributed by atoms with Gasteiger partial charge in [-0.2, -0.15) is 0 Å². The van der Waals surface area contributed by atoms with E-state index >= 15 is 0 Å². The molecule has 0 aliphatic carbocycles. The van der Waals surface area contributed by atoms with E-state index in [2.05, 4.69) is 4.98 Å². The molecule has 3 aromatic rings. The van der Waals surface area contributed by atoms with Crippen molar-refractivity contribution in [2.75, 3.05) is 6.26 Å². The summed E-state index contributed by atoms with van der Waals surface area (Å²) in [6.45, 7) is 10.0. The molecule has 2 heterocycles. The van der Waals surface area contributed by atoms with E-state index in [1.807, 2.05) is 0 Å². The highest BCUT2D eigenvalue weighted by atomic mass is 35.5. The van der Waals surface area contributed by atoms with Crippen molar-refractivity contribution in [1.82, 2.24) is 9.55 Å². The monoisotopic (exact) mass is 535 g/mol. The lowest BCUT2D eigenvalue weighted by molar-refractivity contribution is -0.158. The van der Waals surface area contributed by atoms with Crippen LogP contribution in [0.2, 0.25) is 5.02 Å². The Bertz CT molecular complexity index is 1450. The zero-order valence-electron chi connectivity index (χ0n) is 21.2. The third kappa shape index (κ3) is 5.55. The van der Waals surface area contributed by atoms with Crippen molar-refractivity contribution in [3.63, 3.8) is 0 Å². The molecule has 3 rings (SSSR count). The van der Waals surface area contributed by atoms with Crippen LogP contribution < -0.4 is 5.73 Å². The Morgan fingerprint density at radius 3 is 2.14 bits per heavy atom. The predicted octanol–water partition coefficient (Wildman–Crippen LogP) is 4.64. The molecule has 0 spiro atoms. The molecule has 1 aromatic carbocycles. The molecule has 194 valence electrons. The second kappa shape index (κ2) is 9.17. The van der Waals surface area contributed by atoms with Crippen molar-refractivity contribution in [2.45, 2.75) is 57.6 Å². The van der Waals surface area contributed by atoms with Gasteiger partial charge in [-0.15, -0.1) is 0 Å². The highest BCUT2D eigenvalue weighted by Gasteiger charge is 2.49. The number of pyridine rings is 1. The number of carbonyl (C=O) groups excluding carboxylic acids is 2. The third-order valence-electron chi connectivity index (χ3n) is 5.09. The van der Waals surface area contributed by atoms with Crippen LogP contribution in [0.1, 0.15) is 47.1 Å². The Balaban J connectivity index is 2.26. The van der Waals surface area contributed by atoms with Gasteiger partial charge in [-0.25, -0.2) is 22.6 Å². The van der Waals surface area contributed by atoms with E-state index < -0.39 is 38.0 Å². The minimum Gasteiger partial charge on any atom is -0.458 e. The summed E-state index contributed by atoms with van der Waals surface area (Å²) in [4.78, 5) is 27.9. The number of benzene rings is 1. The molecule has 0 saturated heterocycles. The quantitative estimate of drug-likeness (QED) is 0.478. The lowest BCUT2D eigenvalue weighted by atomic mass is 10.0. The fraction of sp³-hybridized carbons (Fsp3) is 0.400. The Morgan fingerprint density at radius 2 is 1.58 bits per heavy atom. The molecule has 1 unspecified atom stereocenters. The smallest absolute Gasteiger partial charge is 0.419 e. The van der Waals surface area contributed by atoms with Crippen molar-refractivity contribution in [1.29, 1.82) is 0 Å². The second-order valence-corrected chi connectivity index (χ2v) is 13.1. The Kier molecular flexibility index (Phi) is 7.04. The van der Waals surface area contributed by atoms with Gasteiger partial charge in [0.05, 0.1) is 11.2 Å². The zero-order valence-corrected chi connectivity index (χ0v) is 22.8. The minimum atomic E-state index is -4.22. The number of ether oxygens (including phenoxy) is 2. The van der Waals surface area contributed by atoms with E-state index in [1.54, 1.807) is 65.8 Å². The first-order chi connectivity index (χ1) is 16.3. The first-order valence-electron chi connectivity index (χ1n) is 11.1. The highest BCUT2D eigenvalue weighted by molar-refractivity contribution is 7.92. The van der Waals surface area contributed by atoms with Crippen molar-refractivity contribution in [2.24, 2.45) is 5.73 Å². The van der Waals surface area contributed by atoms with Crippen LogP contribution in [0.5, 0.6) is 0 Å². The molecule has 0 aliphatic heterocycles. The van der Waals surface area contributed by atoms with Gasteiger partial charge >= 0.3 is 12.1 Å². The summed E-state index contributed by atoms with van der Waals surface area (Å²) in [6.07, 6.45) is 2.79. The van der Waals surface area contributed by atoms with Crippen LogP contribution in [-0.2, 0) is 29.0 Å². The molecule has 0 fully saturated rings. The molecule has 2 N–H and O–H groups in total. The standard InChI is InChI=1S/C25H30ClN3O6S/c1-23(2,3)34-21(30)25(27,36(7,32)33)17-10-16(13-28-14-17)19-11-15-8-9-18(26)12-20(15)29(19)22(31)35-24(4,5)6/h8-14H,27H2,1-7H3.